The number of carbonyl (C=O) groups is 1. The van der Waals surface area contributed by atoms with Crippen LogP contribution in [0.1, 0.15) is 19.8 Å². The van der Waals surface area contributed by atoms with E-state index in [1.165, 1.54) is 18.2 Å². The number of halogens is 3. The van der Waals surface area contributed by atoms with Gasteiger partial charge in [0.05, 0.1) is 11.6 Å². The van der Waals surface area contributed by atoms with Gasteiger partial charge < -0.3 is 10.1 Å². The molecule has 22 heavy (non-hydrogen) atoms. The minimum absolute atomic E-state index is 0.0323. The molecule has 1 saturated heterocycles. The summed E-state index contributed by atoms with van der Waals surface area (Å²) in [6.45, 7) is 1.43. The van der Waals surface area contributed by atoms with Gasteiger partial charge in [0.2, 0.25) is 5.91 Å². The van der Waals surface area contributed by atoms with Gasteiger partial charge in [0, 0.05) is 5.69 Å². The maximum absolute atomic E-state index is 12.1. The second kappa shape index (κ2) is 7.74. The van der Waals surface area contributed by atoms with E-state index in [9.17, 15) is 13.6 Å². The van der Waals surface area contributed by atoms with E-state index in [1.54, 1.807) is 0 Å². The fourth-order valence-corrected chi connectivity index (χ4v) is 2.62. The van der Waals surface area contributed by atoms with Gasteiger partial charge in [-0.2, -0.15) is 8.78 Å². The molecule has 0 aromatic heterocycles. The number of alkyl halides is 2. The Balaban J connectivity index is 1.87. The lowest BCUT2D eigenvalue weighted by atomic mass is 9.99. The van der Waals surface area contributed by atoms with Crippen LogP contribution in [-0.2, 0) is 4.79 Å². The lowest BCUT2D eigenvalue weighted by molar-refractivity contribution is -0.117. The van der Waals surface area contributed by atoms with Crippen LogP contribution in [0.3, 0.4) is 0 Å². The summed E-state index contributed by atoms with van der Waals surface area (Å²) >= 11 is 5.84. The maximum Gasteiger partial charge on any atom is 0.387 e. The second-order valence-corrected chi connectivity index (χ2v) is 5.94. The third kappa shape index (κ3) is 5.10. The summed E-state index contributed by atoms with van der Waals surface area (Å²) < 4.78 is 28.5. The van der Waals surface area contributed by atoms with Gasteiger partial charge in [-0.1, -0.05) is 18.5 Å². The zero-order valence-electron chi connectivity index (χ0n) is 12.3. The number of hydrogen-bond donors (Lipinski definition) is 1. The second-order valence-electron chi connectivity index (χ2n) is 5.53. The highest BCUT2D eigenvalue weighted by molar-refractivity contribution is 6.32. The van der Waals surface area contributed by atoms with Gasteiger partial charge in [0.25, 0.3) is 0 Å². The molecule has 1 amide bonds. The van der Waals surface area contributed by atoms with Crippen molar-refractivity contribution in [3.8, 4) is 5.75 Å². The van der Waals surface area contributed by atoms with Crippen molar-refractivity contribution >= 4 is 23.2 Å². The summed E-state index contributed by atoms with van der Waals surface area (Å²) in [5.41, 5.74) is 0.460. The molecule has 0 spiro atoms. The van der Waals surface area contributed by atoms with Crippen molar-refractivity contribution in [3.63, 3.8) is 0 Å². The van der Waals surface area contributed by atoms with Crippen molar-refractivity contribution in [2.45, 2.75) is 26.4 Å². The summed E-state index contributed by atoms with van der Waals surface area (Å²) in [6, 6.07) is 4.20. The Morgan fingerprint density at radius 3 is 2.73 bits per heavy atom. The number of likely N-dealkylation sites (tertiary alicyclic amines) is 1. The Kier molecular flexibility index (Phi) is 5.97. The van der Waals surface area contributed by atoms with Crippen LogP contribution in [0, 0.1) is 5.92 Å². The fraction of sp³-hybridized carbons (Fsp3) is 0.533. The first kappa shape index (κ1) is 17.0. The molecule has 4 nitrogen and oxygen atoms in total. The smallest absolute Gasteiger partial charge is 0.387 e. The van der Waals surface area contributed by atoms with Crippen molar-refractivity contribution in [1.29, 1.82) is 0 Å². The van der Waals surface area contributed by atoms with Crippen LogP contribution in [-0.4, -0.2) is 37.1 Å². The van der Waals surface area contributed by atoms with E-state index in [0.29, 0.717) is 18.2 Å². The van der Waals surface area contributed by atoms with Gasteiger partial charge in [-0.25, -0.2) is 0 Å². The zero-order valence-corrected chi connectivity index (χ0v) is 13.1. The number of benzene rings is 1. The lowest BCUT2D eigenvalue weighted by Crippen LogP contribution is -2.38. The van der Waals surface area contributed by atoms with Crippen LogP contribution in [0.15, 0.2) is 18.2 Å². The first-order valence-corrected chi connectivity index (χ1v) is 7.58. The summed E-state index contributed by atoms with van der Waals surface area (Å²) in [4.78, 5) is 14.1. The fourth-order valence-electron chi connectivity index (χ4n) is 2.39. The van der Waals surface area contributed by atoms with Crippen LogP contribution >= 0.6 is 11.6 Å². The molecule has 0 saturated carbocycles. The van der Waals surface area contributed by atoms with Crippen LogP contribution in [0.25, 0.3) is 0 Å². The molecule has 2 rings (SSSR count). The molecule has 1 aliphatic heterocycles. The number of amides is 1. The maximum atomic E-state index is 12.1. The normalized spacial score (nSPS) is 16.8. The van der Waals surface area contributed by atoms with Gasteiger partial charge in [-0.05, 0) is 50.0 Å². The Morgan fingerprint density at radius 1 is 1.45 bits per heavy atom. The molecule has 1 aromatic rings. The molecular formula is C15H19ClF2N2O2. The van der Waals surface area contributed by atoms with Crippen molar-refractivity contribution in [2.75, 3.05) is 25.0 Å². The van der Waals surface area contributed by atoms with Gasteiger partial charge in [-0.15, -0.1) is 0 Å². The molecule has 0 unspecified atom stereocenters. The van der Waals surface area contributed by atoms with E-state index in [-0.39, 0.29) is 16.7 Å². The predicted molar refractivity (Wildman–Crippen MR) is 81.6 cm³/mol. The van der Waals surface area contributed by atoms with Crippen LogP contribution < -0.4 is 10.1 Å². The third-order valence-corrected chi connectivity index (χ3v) is 3.97. The van der Waals surface area contributed by atoms with Crippen molar-refractivity contribution in [3.05, 3.63) is 23.2 Å². The van der Waals surface area contributed by atoms with E-state index >= 15 is 0 Å². The molecule has 1 aliphatic rings. The minimum Gasteiger partial charge on any atom is -0.433 e. The Bertz CT molecular complexity index is 520. The molecule has 0 bridgehead atoms. The van der Waals surface area contributed by atoms with Crippen molar-refractivity contribution in [1.82, 2.24) is 4.90 Å². The van der Waals surface area contributed by atoms with E-state index in [2.05, 4.69) is 21.9 Å². The SMILES string of the molecule is CC1CCN(CC(=O)Nc2ccc(OC(F)F)c(Cl)c2)CC1. The number of piperidine rings is 1. The summed E-state index contributed by atoms with van der Waals surface area (Å²) in [6.07, 6.45) is 2.19. The van der Waals surface area contributed by atoms with E-state index in [0.717, 1.165) is 25.9 Å². The van der Waals surface area contributed by atoms with Crippen LogP contribution in [0.5, 0.6) is 5.75 Å². The molecule has 7 heteroatoms. The van der Waals surface area contributed by atoms with Crippen LogP contribution in [0.4, 0.5) is 14.5 Å². The summed E-state index contributed by atoms with van der Waals surface area (Å²) in [5.74, 6) is 0.452. The number of rotatable bonds is 5. The van der Waals surface area contributed by atoms with Crippen molar-refractivity contribution < 1.29 is 18.3 Å². The largest absolute Gasteiger partial charge is 0.433 e. The van der Waals surface area contributed by atoms with E-state index < -0.39 is 6.61 Å². The molecule has 0 atom stereocenters. The molecule has 1 fully saturated rings. The third-order valence-electron chi connectivity index (χ3n) is 3.68. The lowest BCUT2D eigenvalue weighted by Gasteiger charge is -2.29. The number of nitrogens with one attached hydrogen (secondary N) is 1. The molecule has 0 radical (unpaired) electrons. The first-order valence-electron chi connectivity index (χ1n) is 7.20. The van der Waals surface area contributed by atoms with Gasteiger partial charge >= 0.3 is 6.61 Å². The molecule has 122 valence electrons. The highest BCUT2D eigenvalue weighted by Gasteiger charge is 2.18. The predicted octanol–water partition coefficient (Wildman–Crippen LogP) is 3.61. The first-order chi connectivity index (χ1) is 10.4. The molecular weight excluding hydrogens is 314 g/mol. The Morgan fingerprint density at radius 2 is 2.14 bits per heavy atom. The molecule has 1 heterocycles. The topological polar surface area (TPSA) is 41.6 Å². The van der Waals surface area contributed by atoms with Crippen LogP contribution in [0.2, 0.25) is 5.02 Å². The Hall–Kier alpha value is -1.40. The number of hydrogen-bond acceptors (Lipinski definition) is 3. The van der Waals surface area contributed by atoms with E-state index in [4.69, 9.17) is 11.6 Å². The number of ether oxygens (including phenoxy) is 1. The van der Waals surface area contributed by atoms with Gasteiger partial charge in [0.15, 0.2) is 0 Å². The zero-order chi connectivity index (χ0) is 16.1. The van der Waals surface area contributed by atoms with Gasteiger partial charge in [-0.3, -0.25) is 9.69 Å². The summed E-state index contributed by atoms with van der Waals surface area (Å²) in [5, 5.41) is 2.75. The standard InChI is InChI=1S/C15H19ClF2N2O2/c1-10-4-6-20(7-5-10)9-14(21)19-11-2-3-13(12(16)8-11)22-15(17)18/h2-3,8,10,15H,4-7,9H2,1H3,(H,19,21). The summed E-state index contributed by atoms with van der Waals surface area (Å²) in [7, 11) is 0. The minimum atomic E-state index is -2.93. The molecule has 0 aliphatic carbocycles. The Labute approximate surface area is 133 Å². The number of anilines is 1. The average Bonchev–Trinajstić information content (AvgIpc) is 2.44. The monoisotopic (exact) mass is 332 g/mol. The van der Waals surface area contributed by atoms with Gasteiger partial charge in [0.1, 0.15) is 5.75 Å². The number of nitrogens with zero attached hydrogens (tertiary/aromatic N) is 1. The number of carbonyl (C=O) groups excluding carboxylic acids is 1. The van der Waals surface area contributed by atoms with Crippen molar-refractivity contribution in [2.24, 2.45) is 5.92 Å². The molecule has 1 N–H and O–H groups in total. The average molecular weight is 333 g/mol. The highest BCUT2D eigenvalue weighted by atomic mass is 35.5. The highest BCUT2D eigenvalue weighted by Crippen LogP contribution is 2.29. The van der Waals surface area contributed by atoms with E-state index in [1.807, 2.05) is 0 Å². The molecule has 1 aromatic carbocycles. The quantitative estimate of drug-likeness (QED) is 0.895.